The van der Waals surface area contributed by atoms with Crippen LogP contribution < -0.4 is 5.32 Å². The van der Waals surface area contributed by atoms with Crippen LogP contribution in [0.15, 0.2) is 35.7 Å². The van der Waals surface area contributed by atoms with E-state index in [0.717, 1.165) is 0 Å². The summed E-state index contributed by atoms with van der Waals surface area (Å²) in [6.07, 6.45) is 0. The molecule has 6 heteroatoms. The Labute approximate surface area is 107 Å². The van der Waals surface area contributed by atoms with Gasteiger partial charge in [0, 0.05) is 17.3 Å². The molecule has 1 aromatic carbocycles. The van der Waals surface area contributed by atoms with E-state index in [2.05, 4.69) is 5.32 Å². The van der Waals surface area contributed by atoms with Gasteiger partial charge in [0.15, 0.2) is 0 Å². The first-order valence-electron chi connectivity index (χ1n) is 5.18. The first-order valence-corrected chi connectivity index (χ1v) is 6.06. The molecule has 0 aliphatic carbocycles. The van der Waals surface area contributed by atoms with Crippen molar-refractivity contribution >= 4 is 28.6 Å². The van der Waals surface area contributed by atoms with Crippen molar-refractivity contribution in [1.29, 1.82) is 0 Å². The predicted molar refractivity (Wildman–Crippen MR) is 70.1 cm³/mol. The first-order chi connectivity index (χ1) is 8.58. The summed E-state index contributed by atoms with van der Waals surface area (Å²) in [6, 6.07) is 8.09. The Morgan fingerprint density at radius 2 is 2.17 bits per heavy atom. The first kappa shape index (κ1) is 12.3. The number of nitrogens with zero attached hydrogens (tertiary/aromatic N) is 1. The lowest BCUT2D eigenvalue weighted by Crippen LogP contribution is -2.10. The van der Waals surface area contributed by atoms with Gasteiger partial charge in [-0.05, 0) is 24.4 Å². The van der Waals surface area contributed by atoms with Gasteiger partial charge in [0.05, 0.1) is 9.80 Å². The number of anilines is 1. The molecule has 5 nitrogen and oxygen atoms in total. The highest BCUT2D eigenvalue weighted by Gasteiger charge is 2.13. The molecular weight excluding hydrogens is 252 g/mol. The predicted octanol–water partition coefficient (Wildman–Crippen LogP) is 3.22. The fourth-order valence-electron chi connectivity index (χ4n) is 1.48. The van der Waals surface area contributed by atoms with E-state index in [0.29, 0.717) is 16.1 Å². The molecule has 0 unspecified atom stereocenters. The molecule has 18 heavy (non-hydrogen) atoms. The minimum atomic E-state index is -0.462. The van der Waals surface area contributed by atoms with Crippen LogP contribution in [-0.4, -0.2) is 10.8 Å². The lowest BCUT2D eigenvalue weighted by Gasteiger charge is -2.04. The van der Waals surface area contributed by atoms with Gasteiger partial charge >= 0.3 is 0 Å². The van der Waals surface area contributed by atoms with Crippen LogP contribution in [0.1, 0.15) is 15.2 Å². The highest BCUT2D eigenvalue weighted by Crippen LogP contribution is 2.23. The Kier molecular flexibility index (Phi) is 3.38. The third-order valence-corrected chi connectivity index (χ3v) is 3.28. The molecule has 0 fully saturated rings. The van der Waals surface area contributed by atoms with Gasteiger partial charge in [0.25, 0.3) is 11.6 Å². The second-order valence-electron chi connectivity index (χ2n) is 3.69. The summed E-state index contributed by atoms with van der Waals surface area (Å²) in [6.45, 7) is 1.66. The average Bonchev–Trinajstić information content (AvgIpc) is 2.85. The van der Waals surface area contributed by atoms with Crippen molar-refractivity contribution in [3.05, 3.63) is 56.3 Å². The second kappa shape index (κ2) is 4.97. The molecule has 92 valence electrons. The van der Waals surface area contributed by atoms with Crippen molar-refractivity contribution in [3.8, 4) is 0 Å². The monoisotopic (exact) mass is 262 g/mol. The molecule has 0 bridgehead atoms. The molecule has 1 aromatic heterocycles. The quantitative estimate of drug-likeness (QED) is 0.681. The van der Waals surface area contributed by atoms with E-state index < -0.39 is 4.92 Å². The zero-order valence-electron chi connectivity index (χ0n) is 9.54. The van der Waals surface area contributed by atoms with Crippen LogP contribution in [0.5, 0.6) is 0 Å². The van der Waals surface area contributed by atoms with Crippen molar-refractivity contribution in [2.24, 2.45) is 0 Å². The number of hydrogen-bond acceptors (Lipinski definition) is 4. The Morgan fingerprint density at radius 1 is 1.39 bits per heavy atom. The minimum absolute atomic E-state index is 0.000945. The third kappa shape index (κ3) is 2.54. The number of rotatable bonds is 3. The summed E-state index contributed by atoms with van der Waals surface area (Å²) >= 11 is 1.32. The number of nitrogens with one attached hydrogen (secondary N) is 1. The van der Waals surface area contributed by atoms with Crippen LogP contribution in [-0.2, 0) is 0 Å². The minimum Gasteiger partial charge on any atom is -0.321 e. The number of amides is 1. The van der Waals surface area contributed by atoms with Gasteiger partial charge in [-0.3, -0.25) is 14.9 Å². The standard InChI is InChI=1S/C12H10N2O3S/c1-8-4-5-9(7-10(8)14(16)17)13-12(15)11-3-2-6-18-11/h2-7H,1H3,(H,13,15). The number of hydrogen-bond donors (Lipinski definition) is 1. The van der Waals surface area contributed by atoms with Crippen LogP contribution in [0.3, 0.4) is 0 Å². The van der Waals surface area contributed by atoms with Gasteiger partial charge in [-0.25, -0.2) is 0 Å². The molecular formula is C12H10N2O3S. The maximum absolute atomic E-state index is 11.8. The zero-order valence-corrected chi connectivity index (χ0v) is 10.4. The Morgan fingerprint density at radius 3 is 2.78 bits per heavy atom. The van der Waals surface area contributed by atoms with E-state index in [4.69, 9.17) is 0 Å². The second-order valence-corrected chi connectivity index (χ2v) is 4.64. The number of benzene rings is 1. The van der Waals surface area contributed by atoms with E-state index in [1.54, 1.807) is 36.6 Å². The summed E-state index contributed by atoms with van der Waals surface area (Å²) in [5.41, 5.74) is 0.985. The topological polar surface area (TPSA) is 72.2 Å². The van der Waals surface area contributed by atoms with E-state index in [1.807, 2.05) is 0 Å². The van der Waals surface area contributed by atoms with Crippen LogP contribution in [0.2, 0.25) is 0 Å². The molecule has 0 atom stereocenters. The van der Waals surface area contributed by atoms with E-state index in [-0.39, 0.29) is 11.6 Å². The fourth-order valence-corrected chi connectivity index (χ4v) is 2.10. The molecule has 0 radical (unpaired) electrons. The molecule has 1 amide bonds. The fraction of sp³-hybridized carbons (Fsp3) is 0.0833. The summed E-state index contributed by atoms with van der Waals surface area (Å²) in [4.78, 5) is 22.7. The molecule has 2 aromatic rings. The van der Waals surface area contributed by atoms with Crippen LogP contribution in [0.4, 0.5) is 11.4 Å². The molecule has 0 spiro atoms. The molecule has 0 aliphatic rings. The van der Waals surface area contributed by atoms with Crippen molar-refractivity contribution in [1.82, 2.24) is 0 Å². The molecule has 1 heterocycles. The summed E-state index contributed by atoms with van der Waals surface area (Å²) in [5, 5.41) is 15.2. The van der Waals surface area contributed by atoms with Crippen LogP contribution >= 0.6 is 11.3 Å². The average molecular weight is 262 g/mol. The number of nitro benzene ring substituents is 1. The van der Waals surface area contributed by atoms with Crippen molar-refractivity contribution < 1.29 is 9.72 Å². The van der Waals surface area contributed by atoms with E-state index >= 15 is 0 Å². The van der Waals surface area contributed by atoms with Gasteiger partial charge in [0.2, 0.25) is 0 Å². The van der Waals surface area contributed by atoms with Gasteiger partial charge in [-0.15, -0.1) is 11.3 Å². The lowest BCUT2D eigenvalue weighted by atomic mass is 10.2. The van der Waals surface area contributed by atoms with Crippen LogP contribution in [0, 0.1) is 17.0 Å². The van der Waals surface area contributed by atoms with Crippen LogP contribution in [0.25, 0.3) is 0 Å². The van der Waals surface area contributed by atoms with Gasteiger partial charge < -0.3 is 5.32 Å². The summed E-state index contributed by atoms with van der Waals surface area (Å²) < 4.78 is 0. The van der Waals surface area contributed by atoms with Gasteiger partial charge in [-0.1, -0.05) is 12.1 Å². The molecule has 1 N–H and O–H groups in total. The number of nitro groups is 1. The Balaban J connectivity index is 2.22. The van der Waals surface area contributed by atoms with Crippen molar-refractivity contribution in [2.75, 3.05) is 5.32 Å². The Bertz CT molecular complexity index is 593. The Hall–Kier alpha value is -2.21. The SMILES string of the molecule is Cc1ccc(NC(=O)c2cccs2)cc1[N+](=O)[O-]. The maximum Gasteiger partial charge on any atom is 0.274 e. The highest BCUT2D eigenvalue weighted by molar-refractivity contribution is 7.12. The molecule has 0 aliphatic heterocycles. The van der Waals surface area contributed by atoms with Gasteiger partial charge in [-0.2, -0.15) is 0 Å². The van der Waals surface area contributed by atoms with Crippen molar-refractivity contribution in [3.63, 3.8) is 0 Å². The molecule has 0 saturated carbocycles. The highest BCUT2D eigenvalue weighted by atomic mass is 32.1. The molecule has 2 rings (SSSR count). The van der Waals surface area contributed by atoms with Crippen molar-refractivity contribution in [2.45, 2.75) is 6.92 Å². The number of carbonyl (C=O) groups excluding carboxylic acids is 1. The van der Waals surface area contributed by atoms with E-state index in [1.165, 1.54) is 17.4 Å². The molecule has 0 saturated heterocycles. The number of aryl methyl sites for hydroxylation is 1. The third-order valence-electron chi connectivity index (χ3n) is 2.41. The number of carbonyl (C=O) groups is 1. The number of thiophene rings is 1. The smallest absolute Gasteiger partial charge is 0.274 e. The summed E-state index contributed by atoms with van der Waals surface area (Å²) in [7, 11) is 0. The zero-order chi connectivity index (χ0) is 13.1. The van der Waals surface area contributed by atoms with E-state index in [9.17, 15) is 14.9 Å². The summed E-state index contributed by atoms with van der Waals surface area (Å²) in [5.74, 6) is -0.261. The normalized spacial score (nSPS) is 10.1. The lowest BCUT2D eigenvalue weighted by molar-refractivity contribution is -0.385. The largest absolute Gasteiger partial charge is 0.321 e. The van der Waals surface area contributed by atoms with Gasteiger partial charge in [0.1, 0.15) is 0 Å². The maximum atomic E-state index is 11.8.